The number of likely N-dealkylation sites (tertiary alicyclic amines) is 1. The van der Waals surface area contributed by atoms with Crippen molar-refractivity contribution in [3.8, 4) is 0 Å². The number of halogens is 2. The Morgan fingerprint density at radius 3 is 2.33 bits per heavy atom. The van der Waals surface area contributed by atoms with Crippen molar-refractivity contribution >= 4 is 37.8 Å². The first-order valence-electron chi connectivity index (χ1n) is 6.27. The highest BCUT2D eigenvalue weighted by atomic mass is 79.9. The van der Waals surface area contributed by atoms with Gasteiger partial charge in [-0.15, -0.1) is 0 Å². The minimum Gasteiger partial charge on any atom is -0.339 e. The highest BCUT2D eigenvalue weighted by molar-refractivity contribution is 9.10. The van der Waals surface area contributed by atoms with E-state index in [9.17, 15) is 4.79 Å². The first kappa shape index (κ1) is 14.1. The zero-order valence-corrected chi connectivity index (χ0v) is 13.6. The lowest BCUT2D eigenvalue weighted by Gasteiger charge is -2.33. The van der Waals surface area contributed by atoms with Crippen LogP contribution in [0.4, 0.5) is 0 Å². The maximum absolute atomic E-state index is 12.3. The van der Waals surface area contributed by atoms with Gasteiger partial charge in [-0.05, 0) is 43.0 Å². The fraction of sp³-hybridized carbons (Fsp3) is 0.500. The van der Waals surface area contributed by atoms with Crippen LogP contribution in [0.15, 0.2) is 28.7 Å². The Labute approximate surface area is 125 Å². The predicted octanol–water partition coefficient (Wildman–Crippen LogP) is 4.08. The smallest absolute Gasteiger partial charge is 0.253 e. The first-order chi connectivity index (χ1) is 8.58. The second kappa shape index (κ2) is 6.20. The Kier molecular flexibility index (Phi) is 4.84. The molecule has 1 fully saturated rings. The summed E-state index contributed by atoms with van der Waals surface area (Å²) in [6, 6.07) is 7.60. The summed E-state index contributed by atoms with van der Waals surface area (Å²) < 4.78 is 1.01. The standard InChI is InChI=1S/C14H17Br2NO/c1-10(15)11-6-8-17(9-7-11)14(18)12-2-4-13(16)5-3-12/h2-5,10-11H,6-9H2,1H3. The van der Waals surface area contributed by atoms with Crippen LogP contribution in [0.2, 0.25) is 0 Å². The molecule has 0 radical (unpaired) electrons. The van der Waals surface area contributed by atoms with Crippen LogP contribution in [0.1, 0.15) is 30.1 Å². The topological polar surface area (TPSA) is 20.3 Å². The summed E-state index contributed by atoms with van der Waals surface area (Å²) in [6.45, 7) is 3.93. The van der Waals surface area contributed by atoms with E-state index in [4.69, 9.17) is 0 Å². The van der Waals surface area contributed by atoms with Gasteiger partial charge >= 0.3 is 0 Å². The maximum atomic E-state index is 12.3. The number of hydrogen-bond donors (Lipinski definition) is 0. The molecule has 0 spiro atoms. The van der Waals surface area contributed by atoms with Gasteiger partial charge in [0.15, 0.2) is 0 Å². The SMILES string of the molecule is CC(Br)C1CCN(C(=O)c2ccc(Br)cc2)CC1. The number of hydrogen-bond acceptors (Lipinski definition) is 1. The molecule has 0 aliphatic carbocycles. The molecule has 1 aliphatic heterocycles. The fourth-order valence-corrected chi connectivity index (χ4v) is 3.13. The van der Waals surface area contributed by atoms with Crippen LogP contribution in [-0.4, -0.2) is 28.7 Å². The first-order valence-corrected chi connectivity index (χ1v) is 7.97. The number of alkyl halides is 1. The van der Waals surface area contributed by atoms with Gasteiger partial charge in [0.1, 0.15) is 0 Å². The molecule has 0 bridgehead atoms. The Hall–Kier alpha value is -0.350. The fourth-order valence-electron chi connectivity index (χ4n) is 2.34. The minimum absolute atomic E-state index is 0.156. The molecule has 0 saturated carbocycles. The number of carbonyl (C=O) groups excluding carboxylic acids is 1. The number of amides is 1. The van der Waals surface area contributed by atoms with Gasteiger partial charge in [0.25, 0.3) is 5.91 Å². The van der Waals surface area contributed by atoms with Crippen LogP contribution in [0.3, 0.4) is 0 Å². The molecule has 98 valence electrons. The van der Waals surface area contributed by atoms with Gasteiger partial charge in [-0.25, -0.2) is 0 Å². The number of rotatable bonds is 2. The number of nitrogens with zero attached hydrogens (tertiary/aromatic N) is 1. The lowest BCUT2D eigenvalue weighted by Crippen LogP contribution is -2.39. The van der Waals surface area contributed by atoms with Crippen LogP contribution >= 0.6 is 31.9 Å². The van der Waals surface area contributed by atoms with E-state index in [1.54, 1.807) is 0 Å². The second-order valence-electron chi connectivity index (χ2n) is 4.81. The average molecular weight is 375 g/mol. The zero-order valence-electron chi connectivity index (χ0n) is 10.4. The molecule has 1 aromatic carbocycles. The third-order valence-electron chi connectivity index (χ3n) is 3.57. The summed E-state index contributed by atoms with van der Waals surface area (Å²) in [6.07, 6.45) is 2.18. The molecule has 1 aliphatic rings. The molecule has 2 nitrogen and oxygen atoms in total. The minimum atomic E-state index is 0.156. The molecule has 1 atom stereocenters. The average Bonchev–Trinajstić information content (AvgIpc) is 2.39. The second-order valence-corrected chi connectivity index (χ2v) is 7.17. The van der Waals surface area contributed by atoms with Crippen LogP contribution in [0.25, 0.3) is 0 Å². The Morgan fingerprint density at radius 1 is 1.28 bits per heavy atom. The quantitative estimate of drug-likeness (QED) is 0.714. The van der Waals surface area contributed by atoms with Crippen molar-refractivity contribution in [1.82, 2.24) is 4.90 Å². The molecule has 0 aromatic heterocycles. The van der Waals surface area contributed by atoms with Crippen LogP contribution in [0.5, 0.6) is 0 Å². The number of piperidine rings is 1. The third-order valence-corrected chi connectivity index (χ3v) is 4.84. The van der Waals surface area contributed by atoms with Crippen molar-refractivity contribution in [1.29, 1.82) is 0 Å². The molecule has 1 saturated heterocycles. The van der Waals surface area contributed by atoms with Crippen molar-refractivity contribution in [2.75, 3.05) is 13.1 Å². The van der Waals surface area contributed by atoms with E-state index < -0.39 is 0 Å². The normalized spacial score (nSPS) is 18.7. The van der Waals surface area contributed by atoms with Crippen molar-refractivity contribution in [3.05, 3.63) is 34.3 Å². The highest BCUT2D eigenvalue weighted by Gasteiger charge is 2.25. The molecular weight excluding hydrogens is 358 g/mol. The molecule has 1 amide bonds. The molecule has 1 heterocycles. The van der Waals surface area contributed by atoms with E-state index in [1.165, 1.54) is 0 Å². The Bertz CT molecular complexity index is 408. The van der Waals surface area contributed by atoms with Gasteiger partial charge in [-0.2, -0.15) is 0 Å². The summed E-state index contributed by atoms with van der Waals surface area (Å²) in [5, 5.41) is 0. The molecule has 1 unspecified atom stereocenters. The van der Waals surface area contributed by atoms with Gasteiger partial charge in [0, 0.05) is 28.0 Å². The van der Waals surface area contributed by atoms with Crippen molar-refractivity contribution in [2.24, 2.45) is 5.92 Å². The summed E-state index contributed by atoms with van der Waals surface area (Å²) in [7, 11) is 0. The molecular formula is C14H17Br2NO. The number of benzene rings is 1. The van der Waals surface area contributed by atoms with Crippen LogP contribution < -0.4 is 0 Å². The van der Waals surface area contributed by atoms with Crippen molar-refractivity contribution in [3.63, 3.8) is 0 Å². The van der Waals surface area contributed by atoms with Crippen LogP contribution in [0, 0.1) is 5.92 Å². The largest absolute Gasteiger partial charge is 0.339 e. The summed E-state index contributed by atoms with van der Waals surface area (Å²) in [5.74, 6) is 0.849. The van der Waals surface area contributed by atoms with Gasteiger partial charge < -0.3 is 4.90 Å². The molecule has 0 N–H and O–H groups in total. The molecule has 1 aromatic rings. The van der Waals surface area contributed by atoms with E-state index in [2.05, 4.69) is 38.8 Å². The molecule has 18 heavy (non-hydrogen) atoms. The highest BCUT2D eigenvalue weighted by Crippen LogP contribution is 2.25. The van der Waals surface area contributed by atoms with Crippen LogP contribution in [-0.2, 0) is 0 Å². The summed E-state index contributed by atoms with van der Waals surface area (Å²) in [4.78, 5) is 14.8. The lowest BCUT2D eigenvalue weighted by atomic mass is 9.94. The van der Waals surface area contributed by atoms with Gasteiger partial charge in [0.2, 0.25) is 0 Å². The van der Waals surface area contributed by atoms with Gasteiger partial charge in [-0.3, -0.25) is 4.79 Å². The van der Waals surface area contributed by atoms with Gasteiger partial charge in [0.05, 0.1) is 0 Å². The van der Waals surface area contributed by atoms with E-state index in [0.717, 1.165) is 36.0 Å². The summed E-state index contributed by atoms with van der Waals surface area (Å²) in [5.41, 5.74) is 0.781. The lowest BCUT2D eigenvalue weighted by molar-refractivity contribution is 0.0691. The van der Waals surface area contributed by atoms with E-state index in [0.29, 0.717) is 10.7 Å². The summed E-state index contributed by atoms with van der Waals surface area (Å²) >= 11 is 7.02. The van der Waals surface area contributed by atoms with Crippen molar-refractivity contribution in [2.45, 2.75) is 24.6 Å². The van der Waals surface area contributed by atoms with E-state index in [1.807, 2.05) is 29.2 Å². The maximum Gasteiger partial charge on any atom is 0.253 e. The zero-order chi connectivity index (χ0) is 13.1. The Balaban J connectivity index is 1.97. The van der Waals surface area contributed by atoms with Gasteiger partial charge in [-0.1, -0.05) is 38.8 Å². The monoisotopic (exact) mass is 373 g/mol. The van der Waals surface area contributed by atoms with E-state index >= 15 is 0 Å². The molecule has 2 rings (SSSR count). The van der Waals surface area contributed by atoms with Crippen molar-refractivity contribution < 1.29 is 4.79 Å². The predicted molar refractivity (Wildman–Crippen MR) is 81.2 cm³/mol. The third kappa shape index (κ3) is 3.35. The molecule has 4 heteroatoms. The number of carbonyl (C=O) groups is 1. The van der Waals surface area contributed by atoms with E-state index in [-0.39, 0.29) is 5.91 Å². The Morgan fingerprint density at radius 2 is 1.83 bits per heavy atom.